The Balaban J connectivity index is 3.17. The van der Waals surface area contributed by atoms with Gasteiger partial charge in [0.25, 0.3) is 0 Å². The van der Waals surface area contributed by atoms with Crippen LogP contribution in [0.2, 0.25) is 0 Å². The molecule has 0 unspecified atom stereocenters. The van der Waals surface area contributed by atoms with E-state index >= 15 is 0 Å². The first-order valence-corrected chi connectivity index (χ1v) is 3.52. The lowest BCUT2D eigenvalue weighted by Crippen LogP contribution is -2.12. The lowest BCUT2D eigenvalue weighted by atomic mass is 10.1. The maximum Gasteiger partial charge on any atom is 0.166 e. The normalized spacial score (nSPS) is 9.44. The van der Waals surface area contributed by atoms with Crippen LogP contribution in [0.4, 0.5) is 5.82 Å². The fourth-order valence-electron chi connectivity index (χ4n) is 0.457. The average Bonchev–Trinajstić information content (AvgIpc) is 1.80. The zero-order chi connectivity index (χ0) is 6.85. The number of anilines is 1. The summed E-state index contributed by atoms with van der Waals surface area (Å²) in [5, 5.41) is 0. The number of hydrogen-bond donors (Lipinski definition) is 1. The highest BCUT2D eigenvalue weighted by Gasteiger charge is 1.94. The molecule has 1 rings (SSSR count). The second-order valence-corrected chi connectivity index (χ2v) is 2.71. The third-order valence-electron chi connectivity index (χ3n) is 0.876. The van der Waals surface area contributed by atoms with Crippen molar-refractivity contribution in [1.29, 1.82) is 0 Å². The van der Waals surface area contributed by atoms with Gasteiger partial charge in [0.2, 0.25) is 0 Å². The van der Waals surface area contributed by atoms with Gasteiger partial charge in [0.15, 0.2) is 13.7 Å². The molecule has 0 amide bonds. The van der Waals surface area contributed by atoms with Crippen LogP contribution < -0.4 is 11.3 Å². The monoisotopic (exact) mass is 233 g/mol. The highest BCUT2D eigenvalue weighted by Crippen LogP contribution is 2.03. The molecule has 0 radical (unpaired) electrons. The van der Waals surface area contributed by atoms with E-state index in [1.54, 1.807) is 6.20 Å². The molecule has 0 saturated heterocycles. The largest absolute Gasteiger partial charge is 0.382 e. The second kappa shape index (κ2) is 2.51. The predicted molar refractivity (Wildman–Crippen MR) is 47.3 cm³/mol. The Bertz CT molecular complexity index is 227. The predicted octanol–water partition coefficient (Wildman–Crippen LogP) is -1.08. The molecule has 0 atom stereocenters. The van der Waals surface area contributed by atoms with Crippen molar-refractivity contribution >= 4 is 41.8 Å². The molecule has 0 fully saturated rings. The summed E-state index contributed by atoms with van der Waals surface area (Å²) in [4.78, 5) is 7.96. The molecule has 0 spiro atoms. The molecule has 46 valence electrons. The van der Waals surface area contributed by atoms with Crippen molar-refractivity contribution in [3.8, 4) is 0 Å². The first kappa shape index (κ1) is 6.79. The minimum absolute atomic E-state index is 0.501. The van der Waals surface area contributed by atoms with Crippen LogP contribution in [-0.2, 0) is 0 Å². The molecule has 5 heteroatoms. The molecule has 2 N–H and O–H groups in total. The number of halogens is 1. The van der Waals surface area contributed by atoms with Crippen LogP contribution in [0, 0.1) is 3.70 Å². The number of aromatic nitrogens is 2. The van der Waals surface area contributed by atoms with E-state index in [4.69, 9.17) is 5.73 Å². The van der Waals surface area contributed by atoms with Gasteiger partial charge in [-0.3, -0.25) is 4.98 Å². The summed E-state index contributed by atoms with van der Waals surface area (Å²) in [6.45, 7) is 0. The molecule has 1 heterocycles. The number of nitrogens with zero attached hydrogens (tertiary/aromatic N) is 2. The highest BCUT2D eigenvalue weighted by molar-refractivity contribution is 14.1. The molecule has 0 aliphatic carbocycles. The maximum atomic E-state index is 5.41. The topological polar surface area (TPSA) is 51.8 Å². The number of nitrogens with two attached hydrogens (primary N) is 1. The van der Waals surface area contributed by atoms with Crippen molar-refractivity contribution in [3.05, 3.63) is 9.90 Å². The van der Waals surface area contributed by atoms with E-state index in [2.05, 4.69) is 32.6 Å². The minimum atomic E-state index is 0.501. The summed E-state index contributed by atoms with van der Waals surface area (Å²) in [6, 6.07) is 0. The van der Waals surface area contributed by atoms with Gasteiger partial charge in [-0.15, -0.1) is 0 Å². The smallest absolute Gasteiger partial charge is 0.166 e. The summed E-state index contributed by atoms with van der Waals surface area (Å²) in [7, 11) is 1.88. The van der Waals surface area contributed by atoms with E-state index in [1.807, 2.05) is 7.85 Å². The Labute approximate surface area is 67.6 Å². The van der Waals surface area contributed by atoms with Crippen LogP contribution in [0.5, 0.6) is 0 Å². The molecule has 1 aromatic rings. The lowest BCUT2D eigenvalue weighted by Gasteiger charge is -1.94. The van der Waals surface area contributed by atoms with Crippen LogP contribution in [-0.4, -0.2) is 17.8 Å². The van der Waals surface area contributed by atoms with E-state index in [0.29, 0.717) is 5.82 Å². The summed E-state index contributed by atoms with van der Waals surface area (Å²) in [5.41, 5.74) is 6.30. The van der Waals surface area contributed by atoms with Crippen LogP contribution in [0.3, 0.4) is 0 Å². The van der Waals surface area contributed by atoms with E-state index in [0.717, 1.165) is 9.29 Å². The fraction of sp³-hybridized carbons (Fsp3) is 0. The Morgan fingerprint density at radius 2 is 2.33 bits per heavy atom. The van der Waals surface area contributed by atoms with Gasteiger partial charge in [-0.2, -0.15) is 0 Å². The van der Waals surface area contributed by atoms with Crippen LogP contribution in [0.25, 0.3) is 0 Å². The van der Waals surface area contributed by atoms with Gasteiger partial charge in [0.05, 0.1) is 0 Å². The molecular weight excluding hydrogens is 228 g/mol. The standard InChI is InChI=1S/C4H5BIN3/c5-2-1-8-4(7)3(6)9-2/h1H,5H2,(H2,7,8). The molecule has 0 aliphatic heterocycles. The summed E-state index contributed by atoms with van der Waals surface area (Å²) in [5.74, 6) is 0.501. The molecule has 1 aromatic heterocycles. The van der Waals surface area contributed by atoms with Crippen LogP contribution >= 0.6 is 22.6 Å². The molecule has 0 aromatic carbocycles. The second-order valence-electron chi connectivity index (χ2n) is 1.69. The van der Waals surface area contributed by atoms with E-state index < -0.39 is 0 Å². The van der Waals surface area contributed by atoms with Crippen LogP contribution in [0.1, 0.15) is 0 Å². The Hall–Kier alpha value is -0.325. The van der Waals surface area contributed by atoms with Gasteiger partial charge in [0.1, 0.15) is 3.70 Å². The first-order chi connectivity index (χ1) is 4.20. The van der Waals surface area contributed by atoms with E-state index in [9.17, 15) is 0 Å². The molecular formula is C4H5BIN3. The Morgan fingerprint density at radius 1 is 1.67 bits per heavy atom. The third kappa shape index (κ3) is 1.54. The summed E-state index contributed by atoms with van der Waals surface area (Å²) >= 11 is 2.05. The van der Waals surface area contributed by atoms with Crippen molar-refractivity contribution in [3.63, 3.8) is 0 Å². The van der Waals surface area contributed by atoms with Crippen molar-refractivity contribution < 1.29 is 0 Å². The highest BCUT2D eigenvalue weighted by atomic mass is 127. The first-order valence-electron chi connectivity index (χ1n) is 2.45. The zero-order valence-electron chi connectivity index (χ0n) is 4.93. The zero-order valence-corrected chi connectivity index (χ0v) is 7.08. The van der Waals surface area contributed by atoms with Gasteiger partial charge >= 0.3 is 0 Å². The number of hydrogen-bond acceptors (Lipinski definition) is 3. The molecule has 9 heavy (non-hydrogen) atoms. The molecule has 0 saturated carbocycles. The van der Waals surface area contributed by atoms with Gasteiger partial charge in [0, 0.05) is 11.8 Å². The average molecular weight is 233 g/mol. The van der Waals surface area contributed by atoms with Crippen molar-refractivity contribution in [2.24, 2.45) is 0 Å². The van der Waals surface area contributed by atoms with Gasteiger partial charge in [-0.05, 0) is 22.6 Å². The summed E-state index contributed by atoms with van der Waals surface area (Å²) in [6.07, 6.45) is 1.65. The third-order valence-corrected chi connectivity index (χ3v) is 1.67. The van der Waals surface area contributed by atoms with Crippen molar-refractivity contribution in [2.75, 3.05) is 5.73 Å². The van der Waals surface area contributed by atoms with Gasteiger partial charge < -0.3 is 5.73 Å². The number of nitrogen functional groups attached to an aromatic ring is 1. The molecule has 3 nitrogen and oxygen atoms in total. The van der Waals surface area contributed by atoms with Crippen LogP contribution in [0.15, 0.2) is 6.20 Å². The molecule has 0 bridgehead atoms. The van der Waals surface area contributed by atoms with E-state index in [-0.39, 0.29) is 0 Å². The minimum Gasteiger partial charge on any atom is -0.382 e. The maximum absolute atomic E-state index is 5.41. The van der Waals surface area contributed by atoms with Gasteiger partial charge in [-0.25, -0.2) is 4.98 Å². The lowest BCUT2D eigenvalue weighted by molar-refractivity contribution is 1.21. The van der Waals surface area contributed by atoms with Crippen molar-refractivity contribution in [1.82, 2.24) is 9.97 Å². The SMILES string of the molecule is Bc1cnc(N)c(I)n1. The van der Waals surface area contributed by atoms with Gasteiger partial charge in [-0.1, -0.05) is 0 Å². The number of rotatable bonds is 0. The summed E-state index contributed by atoms with van der Waals surface area (Å²) < 4.78 is 0.771. The Kier molecular flexibility index (Phi) is 1.89. The van der Waals surface area contributed by atoms with Crippen molar-refractivity contribution in [2.45, 2.75) is 0 Å². The Morgan fingerprint density at radius 3 is 2.78 bits per heavy atom. The van der Waals surface area contributed by atoms with E-state index in [1.165, 1.54) is 0 Å². The fourth-order valence-corrected chi connectivity index (χ4v) is 0.977. The quantitative estimate of drug-likeness (QED) is 0.458. The molecule has 0 aliphatic rings.